The zero-order chi connectivity index (χ0) is 69.7. The summed E-state index contributed by atoms with van der Waals surface area (Å²) in [4.78, 5) is 35.9. The van der Waals surface area contributed by atoms with Crippen LogP contribution < -0.4 is 0 Å². The summed E-state index contributed by atoms with van der Waals surface area (Å²) in [6, 6.07) is 0. The molecule has 0 radical (unpaired) electrons. The largest absolute Gasteiger partial charge is 0.472 e. The lowest BCUT2D eigenvalue weighted by atomic mass is 10.1. The fourth-order valence-corrected chi connectivity index (χ4v) is 9.58. The lowest BCUT2D eigenvalue weighted by Gasteiger charge is -2.24. The molecule has 9 nitrogen and oxygen atoms in total. The van der Waals surface area contributed by atoms with Gasteiger partial charge in [-0.3, -0.25) is 18.6 Å². The number of unbranched alkanes of at least 4 members (excludes halogenated alkanes) is 10. The first-order valence-corrected chi connectivity index (χ1v) is 38.3. The predicted molar refractivity (Wildman–Crippen MR) is 417 cm³/mol. The molecule has 0 aromatic rings. The van der Waals surface area contributed by atoms with Crippen LogP contribution >= 0.6 is 7.82 Å². The number of esters is 2. The van der Waals surface area contributed by atoms with E-state index >= 15 is 0 Å². The van der Waals surface area contributed by atoms with Crippen LogP contribution in [0.25, 0.3) is 0 Å². The van der Waals surface area contributed by atoms with E-state index in [0.29, 0.717) is 23.9 Å². The van der Waals surface area contributed by atoms with Crippen molar-refractivity contribution >= 4 is 19.8 Å². The van der Waals surface area contributed by atoms with Gasteiger partial charge < -0.3 is 18.9 Å². The third kappa shape index (κ3) is 76.8. The second kappa shape index (κ2) is 73.1. The molecule has 0 saturated heterocycles. The molecule has 0 aromatic carbocycles. The van der Waals surface area contributed by atoms with Crippen LogP contribution in [0.4, 0.5) is 0 Å². The predicted octanol–water partition coefficient (Wildman–Crippen LogP) is 24.7. The molecule has 2 atom stereocenters. The van der Waals surface area contributed by atoms with Crippen LogP contribution in [0.3, 0.4) is 0 Å². The Labute approximate surface area is 587 Å². The Morgan fingerprint density at radius 2 is 0.562 bits per heavy atom. The first-order chi connectivity index (χ1) is 47.0. The van der Waals surface area contributed by atoms with Crippen LogP contribution in [0.5, 0.6) is 0 Å². The fourth-order valence-electron chi connectivity index (χ4n) is 8.83. The third-order valence-corrected chi connectivity index (χ3v) is 15.4. The number of allylic oxidation sites excluding steroid dienone is 40. The van der Waals surface area contributed by atoms with Crippen molar-refractivity contribution in [1.82, 2.24) is 0 Å². The average molecular weight is 1340 g/mol. The van der Waals surface area contributed by atoms with Gasteiger partial charge in [0.25, 0.3) is 0 Å². The van der Waals surface area contributed by atoms with E-state index in [1.54, 1.807) is 0 Å². The standard InChI is InChI=1S/C86H132NO8P/c1-6-8-10-12-14-16-18-20-22-24-26-28-30-32-34-36-38-40-41-42-43-44-45-47-49-51-53-55-57-59-61-63-65-67-69-71-73-75-77-79-86(89)95-84(83-94-96(90,91)93-81-80-87(3,4)5)82-92-85(88)78-76-74-72-70-68-66-64-62-60-58-56-54-52-50-48-46-39-37-35-33-31-29-27-25-23-21-19-17-15-13-11-9-7-2/h8-11,14-17,20-23,26-29,32-35,38-40,42-43,45-47,50-53,56-59,63,65,69,71,84H,6-7,12-13,18-19,24-25,30-31,36-37,41,44,48-49,54-55,60-62,64,66-68,70,72-83H2,1-5H3/p+1/b10-8-,11-9-,16-14-,17-15-,22-20-,23-21-,28-26-,29-27-,34-32-,35-33-,40-38-,43-42-,46-39-,47-45-,52-50-,53-51-,58-56-,59-57-,65-63-,71-69-. The normalized spacial score (nSPS) is 14.5. The van der Waals surface area contributed by atoms with Gasteiger partial charge in [-0.15, -0.1) is 0 Å². The molecule has 0 rings (SSSR count). The summed E-state index contributed by atoms with van der Waals surface area (Å²) in [6.45, 7) is 4.11. The van der Waals surface area contributed by atoms with E-state index in [4.69, 9.17) is 18.5 Å². The topological polar surface area (TPSA) is 108 Å². The zero-order valence-electron chi connectivity index (χ0n) is 60.7. The Hall–Kier alpha value is -6.19. The molecule has 0 amide bonds. The molecule has 0 fully saturated rings. The van der Waals surface area contributed by atoms with E-state index in [9.17, 15) is 19.0 Å². The number of hydrogen-bond acceptors (Lipinski definition) is 7. The molecule has 1 N–H and O–H groups in total. The quantitative estimate of drug-likeness (QED) is 0.0211. The number of nitrogens with zero attached hydrogens (tertiary/aromatic N) is 1. The minimum atomic E-state index is -4.43. The highest BCUT2D eigenvalue weighted by Gasteiger charge is 2.27. The Morgan fingerprint density at radius 1 is 0.323 bits per heavy atom. The number of ether oxygens (including phenoxy) is 2. The maximum Gasteiger partial charge on any atom is 0.472 e. The van der Waals surface area contributed by atoms with Gasteiger partial charge in [0.15, 0.2) is 6.10 Å². The molecule has 0 aliphatic rings. The van der Waals surface area contributed by atoms with E-state index in [0.717, 1.165) is 167 Å². The zero-order valence-corrected chi connectivity index (χ0v) is 61.6. The lowest BCUT2D eigenvalue weighted by Crippen LogP contribution is -2.37. The number of phosphoric ester groups is 1. The van der Waals surface area contributed by atoms with Crippen LogP contribution in [0.15, 0.2) is 243 Å². The van der Waals surface area contributed by atoms with Crippen LogP contribution in [-0.2, 0) is 32.7 Å². The van der Waals surface area contributed by atoms with Crippen LogP contribution in [0, 0.1) is 0 Å². The van der Waals surface area contributed by atoms with E-state index in [2.05, 4.69) is 257 Å². The van der Waals surface area contributed by atoms with Gasteiger partial charge in [-0.2, -0.15) is 0 Å². The highest BCUT2D eigenvalue weighted by Crippen LogP contribution is 2.43. The molecule has 0 saturated carbocycles. The number of likely N-dealkylation sites (N-methyl/N-ethyl adjacent to an activating group) is 1. The molecule has 0 bridgehead atoms. The van der Waals surface area contributed by atoms with Gasteiger partial charge in [-0.1, -0.05) is 295 Å². The van der Waals surface area contributed by atoms with E-state index in [-0.39, 0.29) is 26.1 Å². The first kappa shape index (κ1) is 89.8. The smallest absolute Gasteiger partial charge is 0.462 e. The molecular weight excluding hydrogens is 1210 g/mol. The van der Waals surface area contributed by atoms with Crippen molar-refractivity contribution in [3.05, 3.63) is 243 Å². The monoisotopic (exact) mass is 1340 g/mol. The van der Waals surface area contributed by atoms with E-state index < -0.39 is 32.5 Å². The van der Waals surface area contributed by atoms with Crippen LogP contribution in [0.1, 0.15) is 232 Å². The maximum atomic E-state index is 12.9. The summed E-state index contributed by atoms with van der Waals surface area (Å²) in [6.07, 6.45) is 120. The number of carbonyl (C=O) groups excluding carboxylic acids is 2. The van der Waals surface area contributed by atoms with Gasteiger partial charge in [0.2, 0.25) is 0 Å². The lowest BCUT2D eigenvalue weighted by molar-refractivity contribution is -0.870. The summed E-state index contributed by atoms with van der Waals surface area (Å²) in [5, 5.41) is 0. The number of hydrogen-bond donors (Lipinski definition) is 1. The summed E-state index contributed by atoms with van der Waals surface area (Å²) < 4.78 is 34.6. The van der Waals surface area contributed by atoms with Gasteiger partial charge >= 0.3 is 19.8 Å². The molecule has 0 aliphatic heterocycles. The minimum Gasteiger partial charge on any atom is -0.462 e. The molecule has 534 valence electrons. The summed E-state index contributed by atoms with van der Waals surface area (Å²) in [7, 11) is 1.41. The van der Waals surface area contributed by atoms with Crippen molar-refractivity contribution in [2.24, 2.45) is 0 Å². The van der Waals surface area contributed by atoms with Crippen LogP contribution in [0.2, 0.25) is 0 Å². The van der Waals surface area contributed by atoms with Gasteiger partial charge in [0, 0.05) is 12.8 Å². The summed E-state index contributed by atoms with van der Waals surface area (Å²) in [5.41, 5.74) is 0. The van der Waals surface area contributed by atoms with Crippen molar-refractivity contribution in [1.29, 1.82) is 0 Å². The molecule has 96 heavy (non-hydrogen) atoms. The molecule has 0 aromatic heterocycles. The molecule has 0 spiro atoms. The molecular formula is C86H133NO8P+. The molecule has 10 heteroatoms. The minimum absolute atomic E-state index is 0.00743. The average Bonchev–Trinajstić information content (AvgIpc) is 1.98. The number of carbonyl (C=O) groups is 2. The Balaban J connectivity index is 4.25. The van der Waals surface area contributed by atoms with Gasteiger partial charge in [0.1, 0.15) is 19.8 Å². The van der Waals surface area contributed by atoms with E-state index in [1.165, 1.54) is 25.7 Å². The highest BCUT2D eigenvalue weighted by atomic mass is 31.2. The van der Waals surface area contributed by atoms with Crippen LogP contribution in [-0.4, -0.2) is 74.9 Å². The Morgan fingerprint density at radius 3 is 0.854 bits per heavy atom. The molecule has 0 aliphatic carbocycles. The fraction of sp³-hybridized carbons (Fsp3) is 0.512. The Bertz CT molecular complexity index is 2520. The molecule has 0 heterocycles. The first-order valence-electron chi connectivity index (χ1n) is 36.8. The third-order valence-electron chi connectivity index (χ3n) is 14.4. The summed E-state index contributed by atoms with van der Waals surface area (Å²) >= 11 is 0. The van der Waals surface area contributed by atoms with Crippen molar-refractivity contribution in [3.8, 4) is 0 Å². The second-order valence-corrected chi connectivity index (χ2v) is 26.0. The number of quaternary nitrogens is 1. The van der Waals surface area contributed by atoms with Gasteiger partial charge in [0.05, 0.1) is 27.7 Å². The van der Waals surface area contributed by atoms with Gasteiger partial charge in [-0.05, 0) is 167 Å². The number of phosphoric acid groups is 1. The SMILES string of the molecule is CC/C=C\C/C=C\C/C=C\C/C=C\C/C=C\C/C=C\C/C=C\C/C=C\C/C=C\C/C=C\C/C=C\C/C=C\CCCCC(=O)OC(COC(=O)CCCCCCCCCC/C=C\C/C=C\C/C=C\C/C=C\C/C=C\C/C=C\C/C=C\C/C=C\CC)COP(=O)(O)OCC[N+](C)(C)C. The highest BCUT2D eigenvalue weighted by molar-refractivity contribution is 7.47. The van der Waals surface area contributed by atoms with E-state index in [1.807, 2.05) is 21.1 Å². The van der Waals surface area contributed by atoms with Crippen molar-refractivity contribution < 1.29 is 42.1 Å². The summed E-state index contributed by atoms with van der Waals surface area (Å²) in [5.74, 6) is -0.879. The van der Waals surface area contributed by atoms with Crippen molar-refractivity contribution in [3.63, 3.8) is 0 Å². The van der Waals surface area contributed by atoms with Crippen molar-refractivity contribution in [2.45, 2.75) is 238 Å². The second-order valence-electron chi connectivity index (χ2n) is 24.5. The maximum absolute atomic E-state index is 12.9. The number of rotatable bonds is 64. The Kier molecular flexibility index (Phi) is 68.4. The van der Waals surface area contributed by atoms with Crippen molar-refractivity contribution in [2.75, 3.05) is 47.5 Å². The molecule has 2 unspecified atom stereocenters. The van der Waals surface area contributed by atoms with Gasteiger partial charge in [-0.25, -0.2) is 4.57 Å².